The van der Waals surface area contributed by atoms with Gasteiger partial charge in [0, 0.05) is 0 Å². The Kier molecular flexibility index (Phi) is 3.98. The summed E-state index contributed by atoms with van der Waals surface area (Å²) in [5, 5.41) is 1.96. The Morgan fingerprint density at radius 2 is 1.43 bits per heavy atom. The predicted octanol–water partition coefficient (Wildman–Crippen LogP) is 2.55. The third-order valence-electron chi connectivity index (χ3n) is 2.37. The summed E-state index contributed by atoms with van der Waals surface area (Å²) in [5.74, 6) is -10.6. The molecule has 21 heavy (non-hydrogen) atoms. The Bertz CT molecular complexity index is 691. The maximum Gasteiger partial charge on any atom is 0.200 e. The number of aromatic nitrogens is 2. The van der Waals surface area contributed by atoms with E-state index in [1.54, 1.807) is 0 Å². The van der Waals surface area contributed by atoms with Gasteiger partial charge in [-0.25, -0.2) is 31.9 Å². The maximum absolute atomic E-state index is 13.4. The van der Waals surface area contributed by atoms with Crippen LogP contribution in [0.25, 0.3) is 0 Å². The van der Waals surface area contributed by atoms with E-state index in [4.69, 9.17) is 5.73 Å². The van der Waals surface area contributed by atoms with Crippen LogP contribution < -0.4 is 11.1 Å². The van der Waals surface area contributed by atoms with E-state index in [1.165, 1.54) is 0 Å². The van der Waals surface area contributed by atoms with Crippen molar-refractivity contribution < 1.29 is 22.0 Å². The molecule has 1 aromatic heterocycles. The Hall–Kier alpha value is -2.36. The number of halogens is 5. The first-order valence-electron chi connectivity index (χ1n) is 5.23. The van der Waals surface area contributed by atoms with Crippen molar-refractivity contribution in [1.29, 1.82) is 0 Å². The molecule has 0 aliphatic rings. The lowest BCUT2D eigenvalue weighted by Crippen LogP contribution is -2.12. The Morgan fingerprint density at radius 3 is 1.86 bits per heavy atom. The fourth-order valence-corrected chi connectivity index (χ4v) is 1.47. The van der Waals surface area contributed by atoms with Crippen LogP contribution in [0.15, 0.2) is 12.4 Å². The minimum atomic E-state index is -2.24. The second-order valence-corrected chi connectivity index (χ2v) is 4.16. The first-order valence-corrected chi connectivity index (χ1v) is 5.64. The molecule has 110 valence electrons. The van der Waals surface area contributed by atoms with Crippen LogP contribution in [0.4, 0.5) is 33.5 Å². The number of nitrogens with zero attached hydrogens (tertiary/aromatic N) is 2. The molecule has 0 saturated heterocycles. The van der Waals surface area contributed by atoms with Crippen LogP contribution in [0.5, 0.6) is 0 Å². The topological polar surface area (TPSA) is 63.8 Å². The van der Waals surface area contributed by atoms with Gasteiger partial charge in [0.2, 0.25) is 5.82 Å². The highest BCUT2D eigenvalue weighted by Gasteiger charge is 2.26. The zero-order valence-electron chi connectivity index (χ0n) is 9.92. The molecular formula is C11H5F5N4S. The summed E-state index contributed by atoms with van der Waals surface area (Å²) in [5.41, 5.74) is 4.17. The van der Waals surface area contributed by atoms with Gasteiger partial charge in [-0.1, -0.05) is 12.2 Å². The van der Waals surface area contributed by atoms with Gasteiger partial charge < -0.3 is 11.1 Å². The number of hydrogen-bond acceptors (Lipinski definition) is 4. The van der Waals surface area contributed by atoms with Crippen molar-refractivity contribution >= 4 is 28.7 Å². The van der Waals surface area contributed by atoms with Crippen LogP contribution in [0.2, 0.25) is 0 Å². The van der Waals surface area contributed by atoms with Gasteiger partial charge in [0.05, 0.1) is 12.4 Å². The smallest absolute Gasteiger partial charge is 0.200 e. The van der Waals surface area contributed by atoms with Crippen molar-refractivity contribution in [1.82, 2.24) is 9.97 Å². The predicted molar refractivity (Wildman–Crippen MR) is 67.4 cm³/mol. The van der Waals surface area contributed by atoms with Gasteiger partial charge in [0.15, 0.2) is 23.3 Å². The van der Waals surface area contributed by atoms with Crippen molar-refractivity contribution in [2.75, 3.05) is 5.32 Å². The molecular weight excluding hydrogens is 315 g/mol. The lowest BCUT2D eigenvalue weighted by atomic mass is 10.2. The molecule has 0 saturated carbocycles. The second-order valence-electron chi connectivity index (χ2n) is 3.72. The summed E-state index contributed by atoms with van der Waals surface area (Å²) >= 11 is 4.62. The molecule has 10 heteroatoms. The van der Waals surface area contributed by atoms with Crippen LogP contribution in [0, 0.1) is 29.1 Å². The molecule has 0 spiro atoms. The minimum Gasteiger partial charge on any atom is -0.388 e. The van der Waals surface area contributed by atoms with Crippen LogP contribution >= 0.6 is 12.2 Å². The highest BCUT2D eigenvalue weighted by atomic mass is 32.1. The molecule has 0 amide bonds. The molecule has 0 radical (unpaired) electrons. The van der Waals surface area contributed by atoms with Gasteiger partial charge in [0.25, 0.3) is 0 Å². The molecule has 1 heterocycles. The molecule has 0 fully saturated rings. The fraction of sp³-hybridized carbons (Fsp3) is 0. The van der Waals surface area contributed by atoms with Crippen LogP contribution in [0.3, 0.4) is 0 Å². The third-order valence-corrected chi connectivity index (χ3v) is 2.58. The van der Waals surface area contributed by atoms with Crippen molar-refractivity contribution in [3.05, 3.63) is 47.2 Å². The minimum absolute atomic E-state index is 0.0646. The molecule has 4 nitrogen and oxygen atoms in total. The molecule has 0 unspecified atom stereocenters. The van der Waals surface area contributed by atoms with Crippen LogP contribution in [-0.4, -0.2) is 15.0 Å². The fourth-order valence-electron chi connectivity index (χ4n) is 1.36. The number of rotatable bonds is 3. The lowest BCUT2D eigenvalue weighted by molar-refractivity contribution is 0.382. The van der Waals surface area contributed by atoms with E-state index in [9.17, 15) is 22.0 Å². The summed E-state index contributed by atoms with van der Waals surface area (Å²) < 4.78 is 65.7. The molecule has 0 bridgehead atoms. The zero-order chi connectivity index (χ0) is 15.7. The van der Waals surface area contributed by atoms with E-state index < -0.39 is 34.8 Å². The number of benzene rings is 1. The van der Waals surface area contributed by atoms with Gasteiger partial charge >= 0.3 is 0 Å². The van der Waals surface area contributed by atoms with E-state index >= 15 is 0 Å². The number of thiocarbonyl (C=S) groups is 1. The van der Waals surface area contributed by atoms with Crippen molar-refractivity contribution in [2.24, 2.45) is 5.73 Å². The first kappa shape index (κ1) is 15.0. The average molecular weight is 320 g/mol. The number of nitrogens with one attached hydrogen (secondary N) is 1. The van der Waals surface area contributed by atoms with Gasteiger partial charge in [0.1, 0.15) is 22.2 Å². The van der Waals surface area contributed by atoms with Gasteiger partial charge in [-0.3, -0.25) is 0 Å². The standard InChI is InChI=1S/C11H5F5N4S/c12-5-6(13)8(15)10(9(16)7(5)14)20-4-2-18-3(1-19-4)11(17)21/h1-2H,(H2,17,21)(H,19,20). The van der Waals surface area contributed by atoms with E-state index in [1.807, 2.05) is 5.32 Å². The Labute approximate surface area is 119 Å². The van der Waals surface area contributed by atoms with E-state index in [0.29, 0.717) is 0 Å². The number of nitrogens with two attached hydrogens (primary N) is 1. The quantitative estimate of drug-likeness (QED) is 0.394. The van der Waals surface area contributed by atoms with Crippen molar-refractivity contribution in [3.63, 3.8) is 0 Å². The SMILES string of the molecule is NC(=S)c1cnc(Nc2c(F)c(F)c(F)c(F)c2F)cn1. The summed E-state index contributed by atoms with van der Waals surface area (Å²) in [6.45, 7) is 0. The maximum atomic E-state index is 13.4. The van der Waals surface area contributed by atoms with Crippen molar-refractivity contribution in [3.8, 4) is 0 Å². The van der Waals surface area contributed by atoms with E-state index in [-0.39, 0.29) is 16.5 Å². The average Bonchev–Trinajstić information content (AvgIpc) is 2.48. The first-order chi connectivity index (χ1) is 9.82. The summed E-state index contributed by atoms with van der Waals surface area (Å²) in [6.07, 6.45) is 2.06. The Morgan fingerprint density at radius 1 is 0.905 bits per heavy atom. The second kappa shape index (κ2) is 5.56. The molecule has 2 aromatic rings. The summed E-state index contributed by atoms with van der Waals surface area (Å²) in [6, 6.07) is 0. The molecule has 0 aliphatic heterocycles. The number of anilines is 2. The van der Waals surface area contributed by atoms with Gasteiger partial charge in [-0.05, 0) is 0 Å². The monoisotopic (exact) mass is 320 g/mol. The normalized spacial score (nSPS) is 10.5. The number of hydrogen-bond donors (Lipinski definition) is 2. The molecule has 3 N–H and O–H groups in total. The third kappa shape index (κ3) is 2.75. The van der Waals surface area contributed by atoms with Gasteiger partial charge in [-0.15, -0.1) is 0 Å². The summed E-state index contributed by atoms with van der Waals surface area (Å²) in [4.78, 5) is 7.28. The highest BCUT2D eigenvalue weighted by molar-refractivity contribution is 7.80. The Balaban J connectivity index is 2.42. The largest absolute Gasteiger partial charge is 0.388 e. The van der Waals surface area contributed by atoms with E-state index in [0.717, 1.165) is 12.4 Å². The molecule has 0 aliphatic carbocycles. The zero-order valence-corrected chi connectivity index (χ0v) is 10.7. The molecule has 2 rings (SSSR count). The lowest BCUT2D eigenvalue weighted by Gasteiger charge is -2.10. The highest BCUT2D eigenvalue weighted by Crippen LogP contribution is 2.28. The van der Waals surface area contributed by atoms with E-state index in [2.05, 4.69) is 22.2 Å². The van der Waals surface area contributed by atoms with Crippen LogP contribution in [-0.2, 0) is 0 Å². The van der Waals surface area contributed by atoms with Crippen molar-refractivity contribution in [2.45, 2.75) is 0 Å². The summed E-state index contributed by atoms with van der Waals surface area (Å²) in [7, 11) is 0. The molecule has 1 aromatic carbocycles. The molecule has 0 atom stereocenters. The van der Waals surface area contributed by atoms with Gasteiger partial charge in [-0.2, -0.15) is 0 Å². The van der Waals surface area contributed by atoms with Crippen LogP contribution in [0.1, 0.15) is 5.69 Å².